The molecule has 0 aliphatic carbocycles. The van der Waals surface area contributed by atoms with Crippen LogP contribution in [0.2, 0.25) is 0 Å². The Hall–Kier alpha value is -6.10. The smallest absolute Gasteiger partial charge is 0.318 e. The van der Waals surface area contributed by atoms with Crippen LogP contribution in [0.3, 0.4) is 0 Å². The van der Waals surface area contributed by atoms with Crippen LogP contribution in [0.1, 0.15) is 56.2 Å². The number of hydrogen-bond donors (Lipinski definition) is 0. The van der Waals surface area contributed by atoms with Gasteiger partial charge in [-0.05, 0) is 59.3 Å². The average Bonchev–Trinajstić information content (AvgIpc) is 3.90. The molecule has 6 aromatic carbocycles. The fourth-order valence-corrected chi connectivity index (χ4v) is 8.42. The number of fused-ring (bicyclic) bond motifs is 6. The first-order valence-corrected chi connectivity index (χ1v) is 19.4. The van der Waals surface area contributed by atoms with Crippen LogP contribution in [0.15, 0.2) is 140 Å². The van der Waals surface area contributed by atoms with Crippen molar-refractivity contribution < 1.29 is 21.1 Å². The van der Waals surface area contributed by atoms with Crippen LogP contribution in [0.4, 0.5) is 0 Å². The van der Waals surface area contributed by atoms with E-state index in [0.29, 0.717) is 0 Å². The number of nitrogens with zero attached hydrogens (tertiary/aromatic N) is 6. The van der Waals surface area contributed by atoms with E-state index in [9.17, 15) is 0 Å². The first-order valence-electron chi connectivity index (χ1n) is 19.4. The molecule has 10 rings (SSSR count). The maximum Gasteiger partial charge on any atom is 2.00 e. The number of rotatable bonds is 7. The summed E-state index contributed by atoms with van der Waals surface area (Å²) in [6, 6.07) is 56.2. The van der Waals surface area contributed by atoms with Crippen molar-refractivity contribution in [2.75, 3.05) is 0 Å². The number of aryl methyl sites for hydroxylation is 1. The number of aromatic nitrogens is 6. The molecule has 0 spiro atoms. The maximum atomic E-state index is 5.54. The fraction of sp³-hybridized carbons (Fsp3) is 0.140. The topological polar surface area (TPSA) is 53.5 Å². The van der Waals surface area contributed by atoms with Crippen molar-refractivity contribution in [2.45, 2.75) is 46.5 Å². The predicted molar refractivity (Wildman–Crippen MR) is 229 cm³/mol. The van der Waals surface area contributed by atoms with Crippen LogP contribution in [0.5, 0.6) is 0 Å². The summed E-state index contributed by atoms with van der Waals surface area (Å²) in [5, 5.41) is 14.4. The van der Waals surface area contributed by atoms with Crippen LogP contribution >= 0.6 is 0 Å². The maximum absolute atomic E-state index is 5.54. The fourth-order valence-electron chi connectivity index (χ4n) is 8.42. The number of benzene rings is 6. The van der Waals surface area contributed by atoms with Crippen LogP contribution in [-0.2, 0) is 21.1 Å². The molecule has 57 heavy (non-hydrogen) atoms. The minimum absolute atomic E-state index is 0. The average molecular weight is 920 g/mol. The van der Waals surface area contributed by atoms with Gasteiger partial charge in [0.25, 0.3) is 0 Å². The molecule has 0 atom stereocenters. The zero-order chi connectivity index (χ0) is 38.1. The molecule has 4 heterocycles. The molecule has 0 aliphatic rings. The van der Waals surface area contributed by atoms with Crippen molar-refractivity contribution in [2.24, 2.45) is 0 Å². The van der Waals surface area contributed by atoms with Crippen LogP contribution < -0.4 is 0 Å². The van der Waals surface area contributed by atoms with E-state index < -0.39 is 0 Å². The molecular formula is C50H40N6Pt. The van der Waals surface area contributed by atoms with Crippen LogP contribution in [0.25, 0.3) is 83.7 Å². The van der Waals surface area contributed by atoms with Crippen molar-refractivity contribution in [1.82, 2.24) is 28.9 Å². The van der Waals surface area contributed by atoms with E-state index in [4.69, 9.17) is 15.2 Å². The molecule has 0 saturated heterocycles. The third-order valence-corrected chi connectivity index (χ3v) is 11.1. The van der Waals surface area contributed by atoms with E-state index in [2.05, 4.69) is 188 Å². The Bertz CT molecular complexity index is 3090. The van der Waals surface area contributed by atoms with Crippen molar-refractivity contribution in [3.63, 3.8) is 0 Å². The van der Waals surface area contributed by atoms with E-state index >= 15 is 0 Å². The van der Waals surface area contributed by atoms with Gasteiger partial charge < -0.3 is 13.7 Å². The molecule has 0 saturated carbocycles. The van der Waals surface area contributed by atoms with Gasteiger partial charge in [0.1, 0.15) is 11.3 Å². The van der Waals surface area contributed by atoms with Gasteiger partial charge in [0.2, 0.25) is 0 Å². The van der Waals surface area contributed by atoms with Crippen LogP contribution in [0, 0.1) is 19.1 Å². The molecule has 7 heteroatoms. The van der Waals surface area contributed by atoms with Gasteiger partial charge in [-0.25, -0.2) is 4.98 Å². The molecule has 0 N–H and O–H groups in total. The van der Waals surface area contributed by atoms with Crippen LogP contribution in [-0.4, -0.2) is 28.9 Å². The Labute approximate surface area is 346 Å². The van der Waals surface area contributed by atoms with Crippen molar-refractivity contribution in [3.05, 3.63) is 168 Å². The van der Waals surface area contributed by atoms with E-state index in [1.807, 2.05) is 12.1 Å². The Morgan fingerprint density at radius 1 is 0.526 bits per heavy atom. The van der Waals surface area contributed by atoms with E-state index in [0.717, 1.165) is 89.3 Å². The largest absolute Gasteiger partial charge is 2.00 e. The molecule has 0 amide bonds. The van der Waals surface area contributed by atoms with Crippen molar-refractivity contribution >= 4 is 43.9 Å². The number of para-hydroxylation sites is 4. The summed E-state index contributed by atoms with van der Waals surface area (Å²) in [6.45, 7) is 11.2. The zero-order valence-electron chi connectivity index (χ0n) is 32.4. The van der Waals surface area contributed by atoms with Gasteiger partial charge in [0, 0.05) is 32.8 Å². The van der Waals surface area contributed by atoms with Gasteiger partial charge in [-0.15, -0.1) is 41.0 Å². The molecule has 0 unspecified atom stereocenters. The Morgan fingerprint density at radius 3 is 1.72 bits per heavy atom. The van der Waals surface area contributed by atoms with Gasteiger partial charge in [0.15, 0.2) is 5.82 Å². The number of pyridine rings is 1. The van der Waals surface area contributed by atoms with Gasteiger partial charge in [0.05, 0.1) is 16.9 Å². The molecule has 0 fully saturated rings. The third kappa shape index (κ3) is 5.85. The molecule has 0 aliphatic heterocycles. The van der Waals surface area contributed by atoms with E-state index in [1.165, 1.54) is 11.1 Å². The molecule has 280 valence electrons. The summed E-state index contributed by atoms with van der Waals surface area (Å²) >= 11 is 0. The second-order valence-corrected chi connectivity index (χ2v) is 15.2. The van der Waals surface area contributed by atoms with Gasteiger partial charge in [-0.2, -0.15) is 29.4 Å². The third-order valence-electron chi connectivity index (χ3n) is 11.1. The quantitative estimate of drug-likeness (QED) is 0.150. The number of hydrogen-bond acceptors (Lipinski definition) is 3. The molecular weight excluding hydrogens is 880 g/mol. The molecule has 0 bridgehead atoms. The predicted octanol–water partition coefficient (Wildman–Crippen LogP) is 12.3. The zero-order valence-corrected chi connectivity index (χ0v) is 34.7. The summed E-state index contributed by atoms with van der Waals surface area (Å²) < 4.78 is 6.75. The molecule has 4 aromatic heterocycles. The normalized spacial score (nSPS) is 11.8. The summed E-state index contributed by atoms with van der Waals surface area (Å²) in [5.74, 6) is 2.13. The monoisotopic (exact) mass is 919 g/mol. The molecule has 0 radical (unpaired) electrons. The van der Waals surface area contributed by atoms with Gasteiger partial charge in [-0.3, -0.25) is 0 Å². The summed E-state index contributed by atoms with van der Waals surface area (Å²) in [6.07, 6.45) is 0. The minimum atomic E-state index is 0. The van der Waals surface area contributed by atoms with Gasteiger partial charge in [-0.1, -0.05) is 112 Å². The summed E-state index contributed by atoms with van der Waals surface area (Å²) in [4.78, 5) is 5.54. The summed E-state index contributed by atoms with van der Waals surface area (Å²) in [7, 11) is 0. The Morgan fingerprint density at radius 2 is 1.09 bits per heavy atom. The first-order chi connectivity index (χ1) is 27.4. The summed E-state index contributed by atoms with van der Waals surface area (Å²) in [5.41, 5.74) is 12.4. The first kappa shape index (κ1) is 36.5. The van der Waals surface area contributed by atoms with Gasteiger partial charge >= 0.3 is 21.1 Å². The standard InChI is InChI=1S/C50H40N6.Pt/c1-31(2)37-25-16-26-38(32(3)4)46(37)56-47(52-53-50(56)39-22-10-9-17-33(39)5)34-18-15-21-36(29-34)55-45-28-14-12-24-41(45)43-30-42-40-23-11-13-27-44(40)54(48(42)51-49(43)55)35-19-7-6-8-20-35;/h6-19,21-28,30-32H,1-5H3;/q-2;+2. The Kier molecular flexibility index (Phi) is 9.25. The second-order valence-electron chi connectivity index (χ2n) is 15.2. The van der Waals surface area contributed by atoms with E-state index in [-0.39, 0.29) is 32.9 Å². The Balaban J connectivity index is 0.00000422. The molecule has 10 aromatic rings. The SMILES string of the molecule is Cc1ccccc1-c1nnc(-c2[c-]c(-n3c4ccccc4c4cc5c6ccccc6n(-c6[c-]cccc6)c5nc43)ccc2)n1-c1c(C(C)C)cccc1C(C)C.[Pt+2]. The minimum Gasteiger partial charge on any atom is -0.318 e. The second kappa shape index (κ2) is 14.4. The molecule has 6 nitrogen and oxygen atoms in total. The van der Waals surface area contributed by atoms with E-state index in [1.54, 1.807) is 0 Å². The van der Waals surface area contributed by atoms with Crippen molar-refractivity contribution in [3.8, 4) is 39.8 Å². The van der Waals surface area contributed by atoms with Crippen molar-refractivity contribution in [1.29, 1.82) is 0 Å².